The second kappa shape index (κ2) is 11.7. The molecule has 0 aliphatic rings. The number of methoxy groups -OCH3 is 3. The average Bonchev–Trinajstić information content (AvgIpc) is 2.83. The Kier molecular flexibility index (Phi) is 8.43. The molecular weight excluding hydrogens is 434 g/mol. The van der Waals surface area contributed by atoms with E-state index in [-0.39, 0.29) is 12.0 Å². The van der Waals surface area contributed by atoms with E-state index in [1.807, 2.05) is 19.9 Å². The van der Waals surface area contributed by atoms with Crippen molar-refractivity contribution >= 4 is 11.7 Å². The van der Waals surface area contributed by atoms with Crippen LogP contribution in [0.1, 0.15) is 34.1 Å². The van der Waals surface area contributed by atoms with Gasteiger partial charge in [0, 0.05) is 23.8 Å². The van der Waals surface area contributed by atoms with Gasteiger partial charge in [-0.1, -0.05) is 11.8 Å². The number of hydrogen-bond donors (Lipinski definition) is 1. The third-order valence-corrected chi connectivity index (χ3v) is 4.66. The Labute approximate surface area is 199 Å². The number of aromatic nitrogens is 2. The topological polar surface area (TPSA) is 91.8 Å². The fraction of sp³-hybridized carbons (Fsp3) is 0.269. The zero-order valence-corrected chi connectivity index (χ0v) is 19.8. The normalized spacial score (nSPS) is 11.1. The van der Waals surface area contributed by atoms with E-state index in [4.69, 9.17) is 18.9 Å². The maximum atomic E-state index is 12.9. The molecule has 1 aromatic heterocycles. The lowest BCUT2D eigenvalue weighted by Crippen LogP contribution is -2.19. The van der Waals surface area contributed by atoms with Crippen LogP contribution in [0.5, 0.6) is 17.2 Å². The van der Waals surface area contributed by atoms with Gasteiger partial charge in [0.15, 0.2) is 17.3 Å². The summed E-state index contributed by atoms with van der Waals surface area (Å²) >= 11 is 0. The summed E-state index contributed by atoms with van der Waals surface area (Å²) in [5.74, 6) is 7.90. The molecule has 0 aliphatic carbocycles. The number of nitrogens with zero attached hydrogens (tertiary/aromatic N) is 2. The molecule has 8 nitrogen and oxygen atoms in total. The molecule has 2 aromatic carbocycles. The van der Waals surface area contributed by atoms with Crippen LogP contribution >= 0.6 is 0 Å². The molecule has 0 saturated carbocycles. The summed E-state index contributed by atoms with van der Waals surface area (Å²) in [7, 11) is 4.75. The summed E-state index contributed by atoms with van der Waals surface area (Å²) in [5, 5.41) is 2.75. The molecule has 0 aliphatic heterocycles. The summed E-state index contributed by atoms with van der Waals surface area (Å²) in [6.07, 6.45) is 2.88. The molecular formula is C26H27N3O5. The molecule has 0 spiro atoms. The number of carbonyl (C=O) groups excluding carboxylic acids is 1. The predicted molar refractivity (Wildman–Crippen MR) is 129 cm³/mol. The minimum absolute atomic E-state index is 0.210. The zero-order valence-electron chi connectivity index (χ0n) is 19.8. The molecule has 1 atom stereocenters. The fourth-order valence-corrected chi connectivity index (χ4v) is 3.08. The first-order valence-corrected chi connectivity index (χ1v) is 10.6. The number of carbonyl (C=O) groups is 1. The van der Waals surface area contributed by atoms with Gasteiger partial charge in [0.1, 0.15) is 11.9 Å². The maximum Gasteiger partial charge on any atom is 0.257 e. The van der Waals surface area contributed by atoms with Crippen molar-refractivity contribution in [1.29, 1.82) is 0 Å². The quantitative estimate of drug-likeness (QED) is 0.509. The van der Waals surface area contributed by atoms with Gasteiger partial charge in [-0.3, -0.25) is 9.78 Å². The summed E-state index contributed by atoms with van der Waals surface area (Å²) in [6, 6.07) is 10.5. The maximum absolute atomic E-state index is 12.9. The number of anilines is 1. The molecule has 0 saturated heterocycles. The van der Waals surface area contributed by atoms with Gasteiger partial charge in [-0.25, -0.2) is 4.98 Å². The highest BCUT2D eigenvalue weighted by molar-refractivity contribution is 6.04. The van der Waals surface area contributed by atoms with Crippen molar-refractivity contribution in [3.8, 4) is 29.1 Å². The van der Waals surface area contributed by atoms with Gasteiger partial charge in [0.25, 0.3) is 5.91 Å². The van der Waals surface area contributed by atoms with Crippen LogP contribution in [0, 0.1) is 18.8 Å². The van der Waals surface area contributed by atoms with Gasteiger partial charge in [0.05, 0.1) is 38.9 Å². The van der Waals surface area contributed by atoms with Crippen LogP contribution < -0.4 is 19.5 Å². The molecule has 3 aromatic rings. The highest BCUT2D eigenvalue weighted by atomic mass is 16.5. The van der Waals surface area contributed by atoms with Gasteiger partial charge in [-0.15, -0.1) is 0 Å². The molecule has 176 valence electrons. The fourth-order valence-electron chi connectivity index (χ4n) is 3.08. The lowest BCUT2D eigenvalue weighted by atomic mass is 10.1. The lowest BCUT2D eigenvalue weighted by Gasteiger charge is -2.15. The molecule has 34 heavy (non-hydrogen) atoms. The van der Waals surface area contributed by atoms with Gasteiger partial charge in [0.2, 0.25) is 0 Å². The number of rotatable bonds is 8. The van der Waals surface area contributed by atoms with E-state index in [0.29, 0.717) is 40.8 Å². The molecule has 0 radical (unpaired) electrons. The molecule has 1 N–H and O–H groups in total. The molecule has 1 amide bonds. The summed E-state index contributed by atoms with van der Waals surface area (Å²) in [4.78, 5) is 21.2. The van der Waals surface area contributed by atoms with Crippen molar-refractivity contribution in [2.24, 2.45) is 0 Å². The monoisotopic (exact) mass is 461 g/mol. The Bertz CT molecular complexity index is 1200. The number of benzene rings is 2. The van der Waals surface area contributed by atoms with E-state index in [0.717, 1.165) is 11.3 Å². The zero-order chi connectivity index (χ0) is 24.5. The van der Waals surface area contributed by atoms with Crippen LogP contribution in [0.15, 0.2) is 48.8 Å². The molecule has 0 bridgehead atoms. The largest absolute Gasteiger partial charge is 0.493 e. The third-order valence-electron chi connectivity index (χ3n) is 4.66. The SMILES string of the molecule is COC[C@H](C)Oc1cc(C#Cc2ccc(OC)c(OC)c2)cc(C(=O)Nc2cnc(C)cn2)c1. The van der Waals surface area contributed by atoms with E-state index in [1.54, 1.807) is 57.9 Å². The Balaban J connectivity index is 1.92. The van der Waals surface area contributed by atoms with E-state index in [9.17, 15) is 4.79 Å². The van der Waals surface area contributed by atoms with Crippen LogP contribution in [0.4, 0.5) is 5.82 Å². The van der Waals surface area contributed by atoms with Crippen molar-refractivity contribution in [3.05, 3.63) is 71.2 Å². The summed E-state index contributed by atoms with van der Waals surface area (Å²) < 4.78 is 21.7. The van der Waals surface area contributed by atoms with Gasteiger partial charge < -0.3 is 24.3 Å². The van der Waals surface area contributed by atoms with Crippen molar-refractivity contribution in [2.45, 2.75) is 20.0 Å². The minimum Gasteiger partial charge on any atom is -0.493 e. The Hall–Kier alpha value is -4.09. The second-order valence-corrected chi connectivity index (χ2v) is 7.45. The van der Waals surface area contributed by atoms with Gasteiger partial charge >= 0.3 is 0 Å². The molecule has 0 fully saturated rings. The van der Waals surface area contributed by atoms with Crippen molar-refractivity contribution in [1.82, 2.24) is 9.97 Å². The van der Waals surface area contributed by atoms with E-state index in [2.05, 4.69) is 27.1 Å². The number of hydrogen-bond acceptors (Lipinski definition) is 7. The predicted octanol–water partition coefficient (Wildman–Crippen LogP) is 3.87. The lowest BCUT2D eigenvalue weighted by molar-refractivity contribution is 0.0917. The van der Waals surface area contributed by atoms with Crippen LogP contribution in [0.2, 0.25) is 0 Å². The van der Waals surface area contributed by atoms with Crippen LogP contribution in [0.3, 0.4) is 0 Å². The van der Waals surface area contributed by atoms with E-state index in [1.165, 1.54) is 6.20 Å². The van der Waals surface area contributed by atoms with Crippen LogP contribution in [-0.4, -0.2) is 49.9 Å². The van der Waals surface area contributed by atoms with Gasteiger partial charge in [-0.05, 0) is 50.2 Å². The Morgan fingerprint density at radius 2 is 1.74 bits per heavy atom. The van der Waals surface area contributed by atoms with Crippen molar-refractivity contribution in [3.63, 3.8) is 0 Å². The highest BCUT2D eigenvalue weighted by Crippen LogP contribution is 2.27. The number of ether oxygens (including phenoxy) is 4. The number of nitrogens with one attached hydrogen (secondary N) is 1. The van der Waals surface area contributed by atoms with E-state index >= 15 is 0 Å². The second-order valence-electron chi connectivity index (χ2n) is 7.45. The number of aryl methyl sites for hydroxylation is 1. The van der Waals surface area contributed by atoms with Crippen LogP contribution in [0.25, 0.3) is 0 Å². The smallest absolute Gasteiger partial charge is 0.257 e. The Morgan fingerprint density at radius 1 is 0.971 bits per heavy atom. The highest BCUT2D eigenvalue weighted by Gasteiger charge is 2.12. The standard InChI is InChI=1S/C26H27N3O5/c1-17-14-28-25(15-27-17)29-26(30)21-10-20(11-22(13-21)34-18(2)16-31-3)7-6-19-8-9-23(32-4)24(12-19)33-5/h8-15,18H,16H2,1-5H3,(H,28,29,30)/t18-/m0/s1. The van der Waals surface area contributed by atoms with Gasteiger partial charge in [-0.2, -0.15) is 0 Å². The Morgan fingerprint density at radius 3 is 2.41 bits per heavy atom. The molecule has 3 rings (SSSR count). The van der Waals surface area contributed by atoms with Crippen molar-refractivity contribution < 1.29 is 23.7 Å². The molecule has 0 unspecified atom stereocenters. The third kappa shape index (κ3) is 6.70. The van der Waals surface area contributed by atoms with Crippen LogP contribution in [-0.2, 0) is 4.74 Å². The molecule has 1 heterocycles. The number of amides is 1. The van der Waals surface area contributed by atoms with Crippen molar-refractivity contribution in [2.75, 3.05) is 33.3 Å². The molecule has 8 heteroatoms. The average molecular weight is 462 g/mol. The van der Waals surface area contributed by atoms with E-state index < -0.39 is 0 Å². The first-order valence-electron chi connectivity index (χ1n) is 10.6. The summed E-state index contributed by atoms with van der Waals surface area (Å²) in [6.45, 7) is 4.11. The summed E-state index contributed by atoms with van der Waals surface area (Å²) in [5.41, 5.74) is 2.48. The minimum atomic E-state index is -0.350. The first kappa shape index (κ1) is 24.6. The first-order chi connectivity index (χ1) is 16.4.